The predicted molar refractivity (Wildman–Crippen MR) is 113 cm³/mol. The number of hydrogen-bond donors (Lipinski definition) is 1. The molecule has 2 saturated heterocycles. The molecule has 2 heterocycles. The molecule has 1 aromatic rings. The maximum absolute atomic E-state index is 12.2. The van der Waals surface area contributed by atoms with Gasteiger partial charge in [-0.2, -0.15) is 0 Å². The van der Waals surface area contributed by atoms with Gasteiger partial charge in [-0.25, -0.2) is 0 Å². The number of hydrogen-bond acceptors (Lipinski definition) is 7. The van der Waals surface area contributed by atoms with Crippen molar-refractivity contribution in [3.8, 4) is 0 Å². The number of esters is 1. The van der Waals surface area contributed by atoms with Crippen molar-refractivity contribution in [2.45, 2.75) is 45.6 Å². The first-order valence-corrected chi connectivity index (χ1v) is 10.5. The Kier molecular flexibility index (Phi) is 6.95. The van der Waals surface area contributed by atoms with Gasteiger partial charge in [0.1, 0.15) is 5.69 Å². The van der Waals surface area contributed by atoms with Gasteiger partial charge in [-0.3, -0.25) is 14.9 Å². The van der Waals surface area contributed by atoms with E-state index in [-0.39, 0.29) is 23.3 Å². The monoisotopic (exact) mass is 404 g/mol. The average Bonchev–Trinajstić information content (AvgIpc) is 2.72. The zero-order chi connectivity index (χ0) is 21.0. The van der Waals surface area contributed by atoms with E-state index in [1.54, 1.807) is 12.1 Å². The minimum Gasteiger partial charge on any atom is -0.465 e. The zero-order valence-corrected chi connectivity index (χ0v) is 17.4. The van der Waals surface area contributed by atoms with E-state index in [4.69, 9.17) is 10.5 Å². The third-order valence-electron chi connectivity index (χ3n) is 5.98. The summed E-state index contributed by atoms with van der Waals surface area (Å²) >= 11 is 0. The molecule has 2 aliphatic rings. The minimum atomic E-state index is -0.451. The largest absolute Gasteiger partial charge is 0.465 e. The molecule has 0 aromatic heterocycles. The SMILES string of the molecule is CC(C)COC(=O)C1CCN(C2CCN(c3ccc([N+](=O)[O-])c(N)c3)CC2)CC1. The first-order chi connectivity index (χ1) is 13.8. The van der Waals surface area contributed by atoms with Gasteiger partial charge in [-0.15, -0.1) is 0 Å². The first-order valence-electron chi connectivity index (χ1n) is 10.5. The number of likely N-dealkylation sites (tertiary alicyclic amines) is 1. The molecule has 0 amide bonds. The highest BCUT2D eigenvalue weighted by molar-refractivity contribution is 5.72. The molecule has 160 valence electrons. The second-order valence-corrected chi connectivity index (χ2v) is 8.55. The number of rotatable bonds is 6. The van der Waals surface area contributed by atoms with Crippen LogP contribution in [0.3, 0.4) is 0 Å². The van der Waals surface area contributed by atoms with Gasteiger partial charge >= 0.3 is 5.97 Å². The summed E-state index contributed by atoms with van der Waals surface area (Å²) in [4.78, 5) is 27.4. The fourth-order valence-electron chi connectivity index (χ4n) is 4.26. The number of ether oxygens (including phenoxy) is 1. The van der Waals surface area contributed by atoms with Crippen LogP contribution in [0.15, 0.2) is 18.2 Å². The van der Waals surface area contributed by atoms with E-state index in [9.17, 15) is 14.9 Å². The van der Waals surface area contributed by atoms with Crippen LogP contribution >= 0.6 is 0 Å². The Hall–Kier alpha value is -2.35. The number of carbonyl (C=O) groups is 1. The molecule has 29 heavy (non-hydrogen) atoms. The van der Waals surface area contributed by atoms with Crippen LogP contribution in [-0.2, 0) is 9.53 Å². The van der Waals surface area contributed by atoms with Crippen LogP contribution in [0.25, 0.3) is 0 Å². The highest BCUT2D eigenvalue weighted by Crippen LogP contribution is 2.30. The van der Waals surface area contributed by atoms with Crippen molar-refractivity contribution in [3.63, 3.8) is 0 Å². The second kappa shape index (κ2) is 9.43. The van der Waals surface area contributed by atoms with E-state index in [0.717, 1.165) is 57.5 Å². The van der Waals surface area contributed by atoms with E-state index >= 15 is 0 Å². The third kappa shape index (κ3) is 5.38. The van der Waals surface area contributed by atoms with Gasteiger partial charge in [-0.1, -0.05) is 13.8 Å². The summed E-state index contributed by atoms with van der Waals surface area (Å²) in [6, 6.07) is 5.49. The summed E-state index contributed by atoms with van der Waals surface area (Å²) in [7, 11) is 0. The number of nitrogens with zero attached hydrogens (tertiary/aromatic N) is 3. The molecule has 3 rings (SSSR count). The van der Waals surface area contributed by atoms with Crippen LogP contribution in [0.4, 0.5) is 17.1 Å². The van der Waals surface area contributed by atoms with Gasteiger partial charge in [0.25, 0.3) is 5.69 Å². The number of carbonyl (C=O) groups excluding carboxylic acids is 1. The zero-order valence-electron chi connectivity index (χ0n) is 17.4. The van der Waals surface area contributed by atoms with Crippen LogP contribution in [0.5, 0.6) is 0 Å². The van der Waals surface area contributed by atoms with Crippen molar-refractivity contribution in [1.29, 1.82) is 0 Å². The lowest BCUT2D eigenvalue weighted by Crippen LogP contribution is -2.48. The van der Waals surface area contributed by atoms with Crippen LogP contribution < -0.4 is 10.6 Å². The average molecular weight is 405 g/mol. The molecule has 0 aliphatic carbocycles. The number of piperidine rings is 2. The van der Waals surface area contributed by atoms with Crippen molar-refractivity contribution in [2.24, 2.45) is 11.8 Å². The predicted octanol–water partition coefficient (Wildman–Crippen LogP) is 3.06. The molecular formula is C21H32N4O4. The third-order valence-corrected chi connectivity index (χ3v) is 5.98. The van der Waals surface area contributed by atoms with Gasteiger partial charge in [0, 0.05) is 30.9 Å². The Balaban J connectivity index is 1.46. The Morgan fingerprint density at radius 2 is 1.86 bits per heavy atom. The molecule has 2 aliphatic heterocycles. The summed E-state index contributed by atoms with van der Waals surface area (Å²) in [6.45, 7) is 8.29. The highest BCUT2D eigenvalue weighted by Gasteiger charge is 2.31. The Labute approximate surface area is 172 Å². The van der Waals surface area contributed by atoms with Crippen LogP contribution in [-0.4, -0.2) is 54.6 Å². The Morgan fingerprint density at radius 3 is 2.41 bits per heavy atom. The normalized spacial score (nSPS) is 19.5. The lowest BCUT2D eigenvalue weighted by Gasteiger charge is -2.42. The van der Waals surface area contributed by atoms with E-state index < -0.39 is 4.92 Å². The summed E-state index contributed by atoms with van der Waals surface area (Å²) in [6.07, 6.45) is 3.82. The topological polar surface area (TPSA) is 102 Å². The van der Waals surface area contributed by atoms with Crippen molar-refractivity contribution < 1.29 is 14.5 Å². The smallest absolute Gasteiger partial charge is 0.309 e. The van der Waals surface area contributed by atoms with Gasteiger partial charge in [0.05, 0.1) is 17.4 Å². The molecule has 2 N–H and O–H groups in total. The maximum Gasteiger partial charge on any atom is 0.309 e. The molecular weight excluding hydrogens is 372 g/mol. The van der Waals surface area contributed by atoms with Gasteiger partial charge in [0.2, 0.25) is 0 Å². The van der Waals surface area contributed by atoms with E-state index in [1.165, 1.54) is 6.07 Å². The van der Waals surface area contributed by atoms with E-state index in [1.807, 2.05) is 13.8 Å². The number of nitro groups is 1. The lowest BCUT2D eigenvalue weighted by molar-refractivity contribution is -0.383. The fourth-order valence-corrected chi connectivity index (χ4v) is 4.26. The standard InChI is InChI=1S/C21H32N4O4/c1-15(2)14-29-21(26)16-5-9-23(10-6-16)17-7-11-24(12-8-17)18-3-4-20(25(27)28)19(22)13-18/h3-4,13,15-17H,5-12,14,22H2,1-2H3. The quantitative estimate of drug-likeness (QED) is 0.336. The number of anilines is 2. The van der Waals surface area contributed by atoms with Crippen LogP contribution in [0, 0.1) is 22.0 Å². The molecule has 0 bridgehead atoms. The Bertz CT molecular complexity index is 723. The number of benzene rings is 1. The van der Waals surface area contributed by atoms with Gasteiger partial charge in [-0.05, 0) is 56.8 Å². The molecule has 2 fully saturated rings. The van der Waals surface area contributed by atoms with Crippen molar-refractivity contribution in [3.05, 3.63) is 28.3 Å². The van der Waals surface area contributed by atoms with Crippen molar-refractivity contribution >= 4 is 23.0 Å². The van der Waals surface area contributed by atoms with Crippen molar-refractivity contribution in [1.82, 2.24) is 4.90 Å². The number of nitrogens with two attached hydrogens (primary N) is 1. The van der Waals surface area contributed by atoms with E-state index in [0.29, 0.717) is 18.6 Å². The molecule has 1 aromatic carbocycles. The lowest BCUT2D eigenvalue weighted by atomic mass is 9.93. The van der Waals surface area contributed by atoms with Crippen molar-refractivity contribution in [2.75, 3.05) is 43.4 Å². The summed E-state index contributed by atoms with van der Waals surface area (Å²) in [5.41, 5.74) is 6.94. The molecule has 8 nitrogen and oxygen atoms in total. The molecule has 0 unspecified atom stereocenters. The molecule has 0 radical (unpaired) electrons. The number of nitrogen functional groups attached to an aromatic ring is 1. The molecule has 0 spiro atoms. The van der Waals surface area contributed by atoms with Crippen LogP contribution in [0.1, 0.15) is 39.5 Å². The minimum absolute atomic E-state index is 0.0353. The number of nitro benzene ring substituents is 1. The summed E-state index contributed by atoms with van der Waals surface area (Å²) < 4.78 is 5.40. The molecule has 0 atom stereocenters. The maximum atomic E-state index is 12.2. The van der Waals surface area contributed by atoms with Gasteiger partial charge < -0.3 is 20.3 Å². The first kappa shape index (κ1) is 21.4. The highest BCUT2D eigenvalue weighted by atomic mass is 16.6. The van der Waals surface area contributed by atoms with Gasteiger partial charge in [0.15, 0.2) is 0 Å². The second-order valence-electron chi connectivity index (χ2n) is 8.55. The fraction of sp³-hybridized carbons (Fsp3) is 0.667. The van der Waals surface area contributed by atoms with Crippen LogP contribution in [0.2, 0.25) is 0 Å². The Morgan fingerprint density at radius 1 is 1.21 bits per heavy atom. The summed E-state index contributed by atoms with van der Waals surface area (Å²) in [5, 5.41) is 10.9. The molecule has 8 heteroatoms. The summed E-state index contributed by atoms with van der Waals surface area (Å²) in [5.74, 6) is 0.368. The van der Waals surface area contributed by atoms with E-state index in [2.05, 4.69) is 9.80 Å². The molecule has 0 saturated carbocycles.